The van der Waals surface area contributed by atoms with Crippen LogP contribution in [-0.4, -0.2) is 20.7 Å². The minimum atomic E-state index is -0.340. The summed E-state index contributed by atoms with van der Waals surface area (Å²) >= 11 is 0. The average Bonchev–Trinajstić information content (AvgIpc) is 3.32. The van der Waals surface area contributed by atoms with Gasteiger partial charge in [0.25, 0.3) is 0 Å². The zero-order valence-electron chi connectivity index (χ0n) is 14.9. The highest BCUT2D eigenvalue weighted by atomic mass is 16.2. The van der Waals surface area contributed by atoms with Crippen molar-refractivity contribution in [2.45, 2.75) is 38.3 Å². The van der Waals surface area contributed by atoms with Crippen LogP contribution in [0.1, 0.15) is 35.1 Å². The standard InChI is InChI=1S/C21H22N4O/c1-16-5-4-8-19(11-16)21(9-10-21)20(26)23-12-17-6-2-3-7-18(17)13-25-15-22-14-24-25/h2-8,11,14-15H,9-10,12-13H2,1H3,(H,23,26). The second-order valence-corrected chi connectivity index (χ2v) is 7.00. The molecule has 0 unspecified atom stereocenters. The second kappa shape index (κ2) is 6.75. The van der Waals surface area contributed by atoms with Gasteiger partial charge in [-0.15, -0.1) is 0 Å². The van der Waals surface area contributed by atoms with E-state index >= 15 is 0 Å². The molecular weight excluding hydrogens is 324 g/mol. The van der Waals surface area contributed by atoms with E-state index in [1.165, 1.54) is 11.9 Å². The van der Waals surface area contributed by atoms with Crippen molar-refractivity contribution in [2.24, 2.45) is 0 Å². The highest BCUT2D eigenvalue weighted by molar-refractivity contribution is 5.91. The normalized spacial score (nSPS) is 14.8. The molecule has 1 aromatic heterocycles. The third-order valence-electron chi connectivity index (χ3n) is 5.11. The molecule has 1 aliphatic carbocycles. The van der Waals surface area contributed by atoms with E-state index in [1.807, 2.05) is 18.2 Å². The average molecular weight is 346 g/mol. The number of carbonyl (C=O) groups is 1. The molecule has 0 saturated heterocycles. The van der Waals surface area contributed by atoms with E-state index in [9.17, 15) is 4.79 Å². The summed E-state index contributed by atoms with van der Waals surface area (Å²) in [6, 6.07) is 16.4. The van der Waals surface area contributed by atoms with Crippen molar-refractivity contribution >= 4 is 5.91 Å². The molecule has 1 saturated carbocycles. The van der Waals surface area contributed by atoms with Crippen molar-refractivity contribution in [1.29, 1.82) is 0 Å². The Bertz CT molecular complexity index is 913. The van der Waals surface area contributed by atoms with E-state index < -0.39 is 0 Å². The van der Waals surface area contributed by atoms with Crippen molar-refractivity contribution in [3.8, 4) is 0 Å². The van der Waals surface area contributed by atoms with E-state index in [-0.39, 0.29) is 11.3 Å². The number of amides is 1. The van der Waals surface area contributed by atoms with Crippen LogP contribution >= 0.6 is 0 Å². The Morgan fingerprint density at radius 2 is 1.96 bits per heavy atom. The highest BCUT2D eigenvalue weighted by Crippen LogP contribution is 2.48. The summed E-state index contributed by atoms with van der Waals surface area (Å²) in [5, 5.41) is 7.32. The van der Waals surface area contributed by atoms with Gasteiger partial charge in [0.1, 0.15) is 12.7 Å². The molecule has 1 heterocycles. The molecule has 2 aromatic carbocycles. The lowest BCUT2D eigenvalue weighted by Gasteiger charge is -2.17. The van der Waals surface area contributed by atoms with Gasteiger partial charge in [-0.1, -0.05) is 54.1 Å². The molecule has 0 atom stereocenters. The van der Waals surface area contributed by atoms with E-state index in [0.717, 1.165) is 29.5 Å². The monoisotopic (exact) mass is 346 g/mol. The zero-order valence-corrected chi connectivity index (χ0v) is 14.9. The molecule has 4 rings (SSSR count). The maximum atomic E-state index is 12.9. The van der Waals surface area contributed by atoms with Crippen LogP contribution in [0.2, 0.25) is 0 Å². The third-order valence-corrected chi connectivity index (χ3v) is 5.11. The lowest BCUT2D eigenvalue weighted by molar-refractivity contribution is -0.123. The Morgan fingerprint density at radius 1 is 1.15 bits per heavy atom. The van der Waals surface area contributed by atoms with Gasteiger partial charge >= 0.3 is 0 Å². The summed E-state index contributed by atoms with van der Waals surface area (Å²) < 4.78 is 1.79. The third kappa shape index (κ3) is 3.25. The molecule has 1 aliphatic rings. The Hall–Kier alpha value is -2.95. The van der Waals surface area contributed by atoms with E-state index in [1.54, 1.807) is 11.0 Å². The number of aryl methyl sites for hydroxylation is 1. The SMILES string of the molecule is Cc1cccc(C2(C(=O)NCc3ccccc3Cn3cncn3)CC2)c1. The first-order valence-corrected chi connectivity index (χ1v) is 8.92. The first kappa shape index (κ1) is 16.5. The lowest BCUT2D eigenvalue weighted by Crippen LogP contribution is -2.34. The molecule has 3 aromatic rings. The Labute approximate surface area is 153 Å². The second-order valence-electron chi connectivity index (χ2n) is 7.00. The van der Waals surface area contributed by atoms with Gasteiger partial charge in [0.2, 0.25) is 5.91 Å². The van der Waals surface area contributed by atoms with Gasteiger partial charge in [-0.05, 0) is 36.5 Å². The van der Waals surface area contributed by atoms with Gasteiger partial charge in [-0.25, -0.2) is 9.67 Å². The van der Waals surface area contributed by atoms with Crippen molar-refractivity contribution in [3.05, 3.63) is 83.4 Å². The predicted octanol–water partition coefficient (Wildman–Crippen LogP) is 2.98. The van der Waals surface area contributed by atoms with Gasteiger partial charge in [0.15, 0.2) is 0 Å². The fourth-order valence-corrected chi connectivity index (χ4v) is 3.43. The molecule has 26 heavy (non-hydrogen) atoms. The number of nitrogens with zero attached hydrogens (tertiary/aromatic N) is 3. The van der Waals surface area contributed by atoms with Crippen LogP contribution in [0.4, 0.5) is 0 Å². The smallest absolute Gasteiger partial charge is 0.230 e. The summed E-state index contributed by atoms with van der Waals surface area (Å²) in [7, 11) is 0. The van der Waals surface area contributed by atoms with Crippen LogP contribution in [-0.2, 0) is 23.3 Å². The maximum Gasteiger partial charge on any atom is 0.230 e. The van der Waals surface area contributed by atoms with Gasteiger partial charge in [0.05, 0.1) is 12.0 Å². The van der Waals surface area contributed by atoms with Crippen molar-refractivity contribution < 1.29 is 4.79 Å². The molecular formula is C21H22N4O. The first-order chi connectivity index (χ1) is 12.7. The molecule has 5 heteroatoms. The van der Waals surface area contributed by atoms with Gasteiger partial charge < -0.3 is 5.32 Å². The largest absolute Gasteiger partial charge is 0.351 e. The lowest BCUT2D eigenvalue weighted by atomic mass is 9.93. The maximum absolute atomic E-state index is 12.9. The van der Waals surface area contributed by atoms with Gasteiger partial charge in [-0.2, -0.15) is 5.10 Å². The number of rotatable bonds is 6. The Balaban J connectivity index is 1.47. The predicted molar refractivity (Wildman–Crippen MR) is 99.5 cm³/mol. The first-order valence-electron chi connectivity index (χ1n) is 8.92. The molecule has 1 fully saturated rings. The minimum absolute atomic E-state index is 0.124. The van der Waals surface area contributed by atoms with E-state index in [0.29, 0.717) is 13.1 Å². The fraction of sp³-hybridized carbons (Fsp3) is 0.286. The Morgan fingerprint density at radius 3 is 2.65 bits per heavy atom. The van der Waals surface area contributed by atoms with Gasteiger partial charge in [0, 0.05) is 6.54 Å². The number of hydrogen-bond acceptors (Lipinski definition) is 3. The highest BCUT2D eigenvalue weighted by Gasteiger charge is 2.51. The topological polar surface area (TPSA) is 59.8 Å². The summed E-state index contributed by atoms with van der Waals surface area (Å²) in [4.78, 5) is 16.9. The number of benzene rings is 2. The number of carbonyl (C=O) groups excluding carboxylic acids is 1. The van der Waals surface area contributed by atoms with E-state index in [2.05, 4.69) is 52.7 Å². The number of aromatic nitrogens is 3. The van der Waals surface area contributed by atoms with Crippen molar-refractivity contribution in [3.63, 3.8) is 0 Å². The number of hydrogen-bond donors (Lipinski definition) is 1. The number of nitrogens with one attached hydrogen (secondary N) is 1. The van der Waals surface area contributed by atoms with Crippen LogP contribution in [0.25, 0.3) is 0 Å². The summed E-state index contributed by atoms with van der Waals surface area (Å²) in [6.45, 7) is 3.24. The summed E-state index contributed by atoms with van der Waals surface area (Å²) in [5.74, 6) is 0.124. The molecule has 0 radical (unpaired) electrons. The van der Waals surface area contributed by atoms with Crippen LogP contribution in [0.5, 0.6) is 0 Å². The molecule has 0 spiro atoms. The van der Waals surface area contributed by atoms with Crippen molar-refractivity contribution in [2.75, 3.05) is 0 Å². The molecule has 132 valence electrons. The van der Waals surface area contributed by atoms with Crippen LogP contribution in [0.15, 0.2) is 61.2 Å². The van der Waals surface area contributed by atoms with Crippen LogP contribution in [0, 0.1) is 6.92 Å². The summed E-state index contributed by atoms with van der Waals surface area (Å²) in [6.07, 6.45) is 5.07. The van der Waals surface area contributed by atoms with Crippen LogP contribution in [0.3, 0.4) is 0 Å². The molecule has 0 bridgehead atoms. The van der Waals surface area contributed by atoms with Crippen LogP contribution < -0.4 is 5.32 Å². The summed E-state index contributed by atoms with van der Waals surface area (Å²) in [5.41, 5.74) is 4.23. The Kier molecular flexibility index (Phi) is 4.29. The molecule has 5 nitrogen and oxygen atoms in total. The minimum Gasteiger partial charge on any atom is -0.351 e. The molecule has 1 amide bonds. The quantitative estimate of drug-likeness (QED) is 0.746. The zero-order chi connectivity index (χ0) is 18.0. The fourth-order valence-electron chi connectivity index (χ4n) is 3.43. The van der Waals surface area contributed by atoms with E-state index in [4.69, 9.17) is 0 Å². The molecule has 0 aliphatic heterocycles. The van der Waals surface area contributed by atoms with Gasteiger partial charge in [-0.3, -0.25) is 4.79 Å². The molecule has 1 N–H and O–H groups in total. The van der Waals surface area contributed by atoms with Crippen molar-refractivity contribution in [1.82, 2.24) is 20.1 Å².